The largest absolute Gasteiger partial charge is 0.349 e. The van der Waals surface area contributed by atoms with Gasteiger partial charge in [-0.05, 0) is 36.6 Å². The van der Waals surface area contributed by atoms with Gasteiger partial charge in [-0.3, -0.25) is 4.79 Å². The van der Waals surface area contributed by atoms with Crippen LogP contribution in [0.3, 0.4) is 0 Å². The van der Waals surface area contributed by atoms with E-state index in [0.29, 0.717) is 12.1 Å². The van der Waals surface area contributed by atoms with E-state index in [-0.39, 0.29) is 11.9 Å². The second-order valence-corrected chi connectivity index (χ2v) is 4.97. The molecule has 1 amide bonds. The molecule has 2 rings (SSSR count). The van der Waals surface area contributed by atoms with Crippen LogP contribution in [-0.4, -0.2) is 11.9 Å². The van der Waals surface area contributed by atoms with Crippen molar-refractivity contribution in [2.45, 2.75) is 25.9 Å². The van der Waals surface area contributed by atoms with Gasteiger partial charge in [-0.2, -0.15) is 0 Å². The maximum absolute atomic E-state index is 12.1. The molecule has 20 heavy (non-hydrogen) atoms. The number of nitrogens with one attached hydrogen (secondary N) is 1. The molecule has 104 valence electrons. The Morgan fingerprint density at radius 1 is 1.05 bits per heavy atom. The van der Waals surface area contributed by atoms with E-state index in [4.69, 9.17) is 5.73 Å². The first-order chi connectivity index (χ1) is 9.69. The van der Waals surface area contributed by atoms with Crippen molar-refractivity contribution >= 4 is 5.91 Å². The number of carbonyl (C=O) groups is 1. The second-order valence-electron chi connectivity index (χ2n) is 4.97. The van der Waals surface area contributed by atoms with Crippen LogP contribution in [0, 0.1) is 0 Å². The molecular formula is C17H20N2O. The van der Waals surface area contributed by atoms with Gasteiger partial charge in [0.15, 0.2) is 0 Å². The van der Waals surface area contributed by atoms with Gasteiger partial charge >= 0.3 is 0 Å². The van der Waals surface area contributed by atoms with Crippen molar-refractivity contribution in [3.05, 3.63) is 71.3 Å². The summed E-state index contributed by atoms with van der Waals surface area (Å²) in [6.45, 7) is 2.51. The van der Waals surface area contributed by atoms with Gasteiger partial charge in [0.2, 0.25) is 0 Å². The summed E-state index contributed by atoms with van der Waals surface area (Å²) < 4.78 is 0. The average Bonchev–Trinajstić information content (AvgIpc) is 2.48. The van der Waals surface area contributed by atoms with Gasteiger partial charge in [-0.1, -0.05) is 42.5 Å². The number of amides is 1. The third kappa shape index (κ3) is 3.93. The van der Waals surface area contributed by atoms with Crippen molar-refractivity contribution in [2.75, 3.05) is 0 Å². The number of hydrogen-bond acceptors (Lipinski definition) is 2. The molecule has 0 aliphatic carbocycles. The zero-order chi connectivity index (χ0) is 14.4. The lowest BCUT2D eigenvalue weighted by Crippen LogP contribution is -2.34. The molecule has 0 aliphatic heterocycles. The van der Waals surface area contributed by atoms with Crippen LogP contribution in [0.5, 0.6) is 0 Å². The molecule has 0 aliphatic rings. The quantitative estimate of drug-likeness (QED) is 0.875. The van der Waals surface area contributed by atoms with Gasteiger partial charge in [-0.15, -0.1) is 0 Å². The highest BCUT2D eigenvalue weighted by Crippen LogP contribution is 2.06. The summed E-state index contributed by atoms with van der Waals surface area (Å²) >= 11 is 0. The Labute approximate surface area is 119 Å². The van der Waals surface area contributed by atoms with Crippen LogP contribution in [0.4, 0.5) is 0 Å². The Hall–Kier alpha value is -2.13. The smallest absolute Gasteiger partial charge is 0.251 e. The van der Waals surface area contributed by atoms with Gasteiger partial charge in [0.1, 0.15) is 0 Å². The van der Waals surface area contributed by atoms with Crippen LogP contribution in [0.2, 0.25) is 0 Å². The second kappa shape index (κ2) is 6.87. The summed E-state index contributed by atoms with van der Waals surface area (Å²) in [4.78, 5) is 12.1. The molecule has 1 atom stereocenters. The predicted octanol–water partition coefficient (Wildman–Crippen LogP) is 2.51. The highest BCUT2D eigenvalue weighted by Gasteiger charge is 2.10. The highest BCUT2D eigenvalue weighted by atomic mass is 16.1. The van der Waals surface area contributed by atoms with E-state index >= 15 is 0 Å². The third-order valence-electron chi connectivity index (χ3n) is 3.21. The normalized spacial score (nSPS) is 11.9. The van der Waals surface area contributed by atoms with E-state index in [9.17, 15) is 4.79 Å². The summed E-state index contributed by atoms with van der Waals surface area (Å²) in [6.07, 6.45) is 0.827. The molecule has 0 radical (unpaired) electrons. The molecule has 3 N–H and O–H groups in total. The number of nitrogens with two attached hydrogens (primary N) is 1. The van der Waals surface area contributed by atoms with Crippen molar-refractivity contribution in [3.63, 3.8) is 0 Å². The van der Waals surface area contributed by atoms with Crippen LogP contribution in [0.15, 0.2) is 54.6 Å². The summed E-state index contributed by atoms with van der Waals surface area (Å²) in [5.41, 5.74) is 8.46. The minimum Gasteiger partial charge on any atom is -0.349 e. The minimum atomic E-state index is -0.0444. The molecule has 3 nitrogen and oxygen atoms in total. The molecule has 0 saturated carbocycles. The molecule has 2 aromatic rings. The van der Waals surface area contributed by atoms with Crippen molar-refractivity contribution in [2.24, 2.45) is 5.73 Å². The molecule has 0 bridgehead atoms. The van der Waals surface area contributed by atoms with Crippen molar-refractivity contribution < 1.29 is 4.79 Å². The van der Waals surface area contributed by atoms with E-state index < -0.39 is 0 Å². The Bertz CT molecular complexity index is 549. The monoisotopic (exact) mass is 268 g/mol. The summed E-state index contributed by atoms with van der Waals surface area (Å²) in [5, 5.41) is 3.01. The summed E-state index contributed by atoms with van der Waals surface area (Å²) in [5.74, 6) is -0.0444. The van der Waals surface area contributed by atoms with Crippen LogP contribution in [0.1, 0.15) is 28.4 Å². The molecule has 0 fully saturated rings. The highest BCUT2D eigenvalue weighted by molar-refractivity contribution is 5.94. The lowest BCUT2D eigenvalue weighted by molar-refractivity contribution is 0.0940. The standard InChI is InChI=1S/C17H20N2O/c1-13(11-14-5-3-2-4-6-14)19-17(20)16-9-7-15(12-18)8-10-16/h2-10,13H,11-12,18H2,1H3,(H,19,20). The van der Waals surface area contributed by atoms with Crippen LogP contribution in [0.25, 0.3) is 0 Å². The van der Waals surface area contributed by atoms with Crippen molar-refractivity contribution in [3.8, 4) is 0 Å². The first-order valence-electron chi connectivity index (χ1n) is 6.83. The van der Waals surface area contributed by atoms with Crippen LogP contribution in [-0.2, 0) is 13.0 Å². The lowest BCUT2D eigenvalue weighted by atomic mass is 10.1. The van der Waals surface area contributed by atoms with Crippen molar-refractivity contribution in [1.29, 1.82) is 0 Å². The minimum absolute atomic E-state index is 0.0444. The van der Waals surface area contributed by atoms with E-state index in [2.05, 4.69) is 17.4 Å². The van der Waals surface area contributed by atoms with Gasteiger partial charge in [-0.25, -0.2) is 0 Å². The summed E-state index contributed by atoms with van der Waals surface area (Å²) in [7, 11) is 0. The Kier molecular flexibility index (Phi) is 4.91. The fourth-order valence-electron chi connectivity index (χ4n) is 2.12. The zero-order valence-electron chi connectivity index (χ0n) is 11.7. The van der Waals surface area contributed by atoms with E-state index in [1.807, 2.05) is 49.4 Å². The SMILES string of the molecule is CC(Cc1ccccc1)NC(=O)c1ccc(CN)cc1. The number of hydrogen-bond donors (Lipinski definition) is 2. The van der Waals surface area contributed by atoms with Gasteiger partial charge < -0.3 is 11.1 Å². The third-order valence-corrected chi connectivity index (χ3v) is 3.21. The zero-order valence-corrected chi connectivity index (χ0v) is 11.7. The first-order valence-corrected chi connectivity index (χ1v) is 6.83. The topological polar surface area (TPSA) is 55.1 Å². The molecule has 0 spiro atoms. The first kappa shape index (κ1) is 14.3. The molecule has 0 heterocycles. The predicted molar refractivity (Wildman–Crippen MR) is 81.4 cm³/mol. The summed E-state index contributed by atoms with van der Waals surface area (Å²) in [6, 6.07) is 17.6. The molecular weight excluding hydrogens is 248 g/mol. The van der Waals surface area contributed by atoms with Crippen LogP contribution >= 0.6 is 0 Å². The molecule has 3 heteroatoms. The number of carbonyl (C=O) groups excluding carboxylic acids is 1. The van der Waals surface area contributed by atoms with Crippen molar-refractivity contribution in [1.82, 2.24) is 5.32 Å². The lowest BCUT2D eigenvalue weighted by Gasteiger charge is -2.14. The number of benzene rings is 2. The Balaban J connectivity index is 1.93. The Morgan fingerprint density at radius 2 is 1.70 bits per heavy atom. The van der Waals surface area contributed by atoms with E-state index in [0.717, 1.165) is 12.0 Å². The van der Waals surface area contributed by atoms with Gasteiger partial charge in [0.25, 0.3) is 5.91 Å². The maximum Gasteiger partial charge on any atom is 0.251 e. The molecule has 0 aromatic heterocycles. The van der Waals surface area contributed by atoms with Gasteiger partial charge in [0.05, 0.1) is 0 Å². The fourth-order valence-corrected chi connectivity index (χ4v) is 2.12. The van der Waals surface area contributed by atoms with Crippen LogP contribution < -0.4 is 11.1 Å². The molecule has 2 aromatic carbocycles. The average molecular weight is 268 g/mol. The number of rotatable bonds is 5. The molecule has 1 unspecified atom stereocenters. The van der Waals surface area contributed by atoms with E-state index in [1.54, 1.807) is 0 Å². The van der Waals surface area contributed by atoms with Gasteiger partial charge in [0, 0.05) is 18.2 Å². The van der Waals surface area contributed by atoms with E-state index in [1.165, 1.54) is 5.56 Å². The Morgan fingerprint density at radius 3 is 2.30 bits per heavy atom. The fraction of sp³-hybridized carbons (Fsp3) is 0.235. The molecule has 0 saturated heterocycles. The maximum atomic E-state index is 12.1.